The van der Waals surface area contributed by atoms with Crippen molar-refractivity contribution in [3.8, 4) is 0 Å². The zero-order chi connectivity index (χ0) is 21.6. The van der Waals surface area contributed by atoms with Crippen molar-refractivity contribution in [2.75, 3.05) is 11.1 Å². The maximum absolute atomic E-state index is 12.4. The van der Waals surface area contributed by atoms with Gasteiger partial charge in [-0.3, -0.25) is 13.9 Å². The smallest absolute Gasteiger partial charge is 0.295 e. The van der Waals surface area contributed by atoms with Crippen molar-refractivity contribution in [2.45, 2.75) is 16.7 Å². The minimum atomic E-state index is -4.82. The zero-order valence-electron chi connectivity index (χ0n) is 14.9. The first-order valence-electron chi connectivity index (χ1n) is 8.06. The predicted octanol–water partition coefficient (Wildman–Crippen LogP) is 2.48. The van der Waals surface area contributed by atoms with Gasteiger partial charge in [-0.2, -0.15) is 16.8 Å². The van der Waals surface area contributed by atoms with Gasteiger partial charge in [0.05, 0.1) is 0 Å². The molecule has 1 amide bonds. The zero-order valence-corrected chi connectivity index (χ0v) is 16.6. The highest BCUT2D eigenvalue weighted by Crippen LogP contribution is 2.34. The number of rotatable bonds is 4. The first-order chi connectivity index (χ1) is 13.4. The third kappa shape index (κ3) is 4.38. The van der Waals surface area contributed by atoms with Crippen LogP contribution in [0.5, 0.6) is 0 Å². The normalized spacial score (nSPS) is 12.1. The largest absolute Gasteiger partial charge is 0.399 e. The Morgan fingerprint density at radius 1 is 0.862 bits per heavy atom. The summed E-state index contributed by atoms with van der Waals surface area (Å²) < 4.78 is 66.3. The molecule has 0 radical (unpaired) electrons. The van der Waals surface area contributed by atoms with E-state index in [4.69, 9.17) is 5.73 Å². The minimum Gasteiger partial charge on any atom is -0.399 e. The average molecular weight is 436 g/mol. The van der Waals surface area contributed by atoms with Crippen molar-refractivity contribution in [3.05, 3.63) is 59.7 Å². The highest BCUT2D eigenvalue weighted by molar-refractivity contribution is 7.86. The second-order valence-corrected chi connectivity index (χ2v) is 9.14. The number of benzene rings is 3. The molecule has 0 aliphatic rings. The van der Waals surface area contributed by atoms with Crippen LogP contribution in [-0.2, 0) is 20.2 Å². The number of anilines is 2. The minimum absolute atomic E-state index is 0.106. The molecule has 11 heteroatoms. The van der Waals surface area contributed by atoms with Gasteiger partial charge >= 0.3 is 0 Å². The standard InChI is InChI=1S/C18H16N2O7S2/c1-10-2-4-11(5-3-10)18(21)20-13-8-15-14(17(9-13)29(25,26)27)6-12(19)7-16(15)28(22,23)24/h2-9H,19H2,1H3,(H,20,21)(H,22,23,24)(H,25,26,27). The first-order valence-corrected chi connectivity index (χ1v) is 10.9. The lowest BCUT2D eigenvalue weighted by Crippen LogP contribution is -2.13. The third-order valence-corrected chi connectivity index (χ3v) is 5.93. The fourth-order valence-corrected chi connectivity index (χ4v) is 4.28. The molecular formula is C18H16N2O7S2. The molecule has 29 heavy (non-hydrogen) atoms. The van der Waals surface area contributed by atoms with Crippen LogP contribution < -0.4 is 11.1 Å². The van der Waals surface area contributed by atoms with E-state index in [2.05, 4.69) is 5.32 Å². The Balaban J connectivity index is 2.25. The number of hydrogen-bond donors (Lipinski definition) is 4. The van der Waals surface area contributed by atoms with Crippen LogP contribution in [-0.4, -0.2) is 31.8 Å². The van der Waals surface area contributed by atoms with E-state index in [1.165, 1.54) is 6.07 Å². The van der Waals surface area contributed by atoms with Crippen LogP contribution in [0, 0.1) is 6.92 Å². The van der Waals surface area contributed by atoms with E-state index >= 15 is 0 Å². The van der Waals surface area contributed by atoms with Gasteiger partial charge in [-0.25, -0.2) is 0 Å². The van der Waals surface area contributed by atoms with Crippen molar-refractivity contribution in [1.29, 1.82) is 0 Å². The van der Waals surface area contributed by atoms with Crippen LogP contribution in [0.1, 0.15) is 15.9 Å². The molecule has 0 fully saturated rings. The molecule has 0 saturated heterocycles. The monoisotopic (exact) mass is 436 g/mol. The lowest BCUT2D eigenvalue weighted by Gasteiger charge is -2.13. The van der Waals surface area contributed by atoms with E-state index in [-0.39, 0.29) is 27.7 Å². The van der Waals surface area contributed by atoms with Crippen LogP contribution in [0.2, 0.25) is 0 Å². The van der Waals surface area contributed by atoms with Crippen molar-refractivity contribution in [3.63, 3.8) is 0 Å². The molecule has 0 atom stereocenters. The summed E-state index contributed by atoms with van der Waals surface area (Å²) in [7, 11) is -9.61. The second kappa shape index (κ2) is 7.12. The summed E-state index contributed by atoms with van der Waals surface area (Å²) in [5.41, 5.74) is 6.57. The van der Waals surface area contributed by atoms with Gasteiger partial charge in [0.2, 0.25) is 0 Å². The van der Waals surface area contributed by atoms with Gasteiger partial charge in [-0.1, -0.05) is 17.7 Å². The van der Waals surface area contributed by atoms with Gasteiger partial charge in [-0.15, -0.1) is 0 Å². The van der Waals surface area contributed by atoms with Crippen LogP contribution in [0.4, 0.5) is 11.4 Å². The number of carbonyl (C=O) groups is 1. The van der Waals surface area contributed by atoms with E-state index in [9.17, 15) is 30.7 Å². The summed E-state index contributed by atoms with van der Waals surface area (Å²) in [6.07, 6.45) is 0. The van der Waals surface area contributed by atoms with Gasteiger partial charge in [0.15, 0.2) is 0 Å². The number of nitrogens with one attached hydrogen (secondary N) is 1. The van der Waals surface area contributed by atoms with Crippen molar-refractivity contribution >= 4 is 48.3 Å². The van der Waals surface area contributed by atoms with E-state index in [0.29, 0.717) is 0 Å². The molecule has 0 bridgehead atoms. The van der Waals surface area contributed by atoms with Crippen molar-refractivity contribution in [1.82, 2.24) is 0 Å². The molecule has 9 nitrogen and oxygen atoms in total. The van der Waals surface area contributed by atoms with Crippen LogP contribution in [0.3, 0.4) is 0 Å². The number of nitrogen functional groups attached to an aromatic ring is 1. The molecule has 5 N–H and O–H groups in total. The summed E-state index contributed by atoms with van der Waals surface area (Å²) >= 11 is 0. The molecule has 0 unspecified atom stereocenters. The molecule has 3 aromatic rings. The maximum Gasteiger partial charge on any atom is 0.295 e. The van der Waals surface area contributed by atoms with Crippen LogP contribution in [0.15, 0.2) is 58.3 Å². The Morgan fingerprint density at radius 3 is 1.93 bits per heavy atom. The average Bonchev–Trinajstić information content (AvgIpc) is 2.59. The molecule has 3 rings (SSSR count). The number of hydrogen-bond acceptors (Lipinski definition) is 6. The highest BCUT2D eigenvalue weighted by atomic mass is 32.2. The number of aryl methyl sites for hydroxylation is 1. The summed E-state index contributed by atoms with van der Waals surface area (Å²) in [6.45, 7) is 1.84. The molecule has 0 aliphatic heterocycles. The molecule has 0 saturated carbocycles. The summed E-state index contributed by atoms with van der Waals surface area (Å²) in [5, 5.41) is 1.99. The lowest BCUT2D eigenvalue weighted by atomic mass is 10.1. The predicted molar refractivity (Wildman–Crippen MR) is 107 cm³/mol. The molecule has 3 aromatic carbocycles. The Morgan fingerprint density at radius 2 is 1.38 bits per heavy atom. The molecular weight excluding hydrogens is 420 g/mol. The van der Waals surface area contributed by atoms with E-state index in [1.807, 2.05) is 6.92 Å². The van der Waals surface area contributed by atoms with E-state index in [0.717, 1.165) is 23.8 Å². The SMILES string of the molecule is Cc1ccc(C(=O)Nc2cc(S(=O)(=O)O)c3cc(N)cc(S(=O)(=O)O)c3c2)cc1. The van der Waals surface area contributed by atoms with E-state index in [1.54, 1.807) is 24.3 Å². The Kier molecular flexibility index (Phi) is 5.09. The fraction of sp³-hybridized carbons (Fsp3) is 0.0556. The summed E-state index contributed by atoms with van der Waals surface area (Å²) in [4.78, 5) is 11.1. The van der Waals surface area contributed by atoms with Gasteiger partial charge in [0, 0.05) is 27.7 Å². The van der Waals surface area contributed by atoms with E-state index < -0.39 is 35.9 Å². The first kappa shape index (κ1) is 20.7. The van der Waals surface area contributed by atoms with Gasteiger partial charge < -0.3 is 11.1 Å². The van der Waals surface area contributed by atoms with Crippen LogP contribution >= 0.6 is 0 Å². The topological polar surface area (TPSA) is 164 Å². The van der Waals surface area contributed by atoms with Gasteiger partial charge in [0.1, 0.15) is 9.79 Å². The summed E-state index contributed by atoms with van der Waals surface area (Å²) in [5.74, 6) is -0.588. The number of fused-ring (bicyclic) bond motifs is 1. The van der Waals surface area contributed by atoms with Crippen molar-refractivity contribution < 1.29 is 30.7 Å². The molecule has 0 aliphatic carbocycles. The molecule has 0 aromatic heterocycles. The number of carbonyl (C=O) groups excluding carboxylic acids is 1. The molecule has 0 heterocycles. The van der Waals surface area contributed by atoms with Gasteiger partial charge in [0.25, 0.3) is 26.1 Å². The third-order valence-electron chi connectivity index (χ3n) is 4.14. The fourth-order valence-electron chi connectivity index (χ4n) is 2.82. The highest BCUT2D eigenvalue weighted by Gasteiger charge is 2.23. The Hall–Kier alpha value is -2.99. The maximum atomic E-state index is 12.4. The quantitative estimate of drug-likeness (QED) is 0.358. The second-order valence-electron chi connectivity index (χ2n) is 6.36. The van der Waals surface area contributed by atoms with Crippen LogP contribution in [0.25, 0.3) is 10.8 Å². The lowest BCUT2D eigenvalue weighted by molar-refractivity contribution is 0.102. The number of nitrogens with two attached hydrogens (primary N) is 1. The number of amides is 1. The Labute approximate surface area is 166 Å². The molecule has 0 spiro atoms. The molecule has 152 valence electrons. The Bertz CT molecular complexity index is 1350. The summed E-state index contributed by atoms with van der Waals surface area (Å²) in [6, 6.07) is 10.7. The van der Waals surface area contributed by atoms with Gasteiger partial charge in [-0.05, 0) is 43.3 Å². The van der Waals surface area contributed by atoms with Crippen molar-refractivity contribution in [2.24, 2.45) is 0 Å².